The van der Waals surface area contributed by atoms with Gasteiger partial charge in [0.05, 0.1) is 6.61 Å². The lowest BCUT2D eigenvalue weighted by molar-refractivity contribution is -0.119. The summed E-state index contributed by atoms with van der Waals surface area (Å²) in [4.78, 5) is 12.6. The van der Waals surface area contributed by atoms with Gasteiger partial charge in [0, 0.05) is 6.54 Å². The predicted molar refractivity (Wildman–Crippen MR) is 61.8 cm³/mol. The summed E-state index contributed by atoms with van der Waals surface area (Å²) in [7, 11) is 0. The lowest BCUT2D eigenvalue weighted by Crippen LogP contribution is -2.41. The lowest BCUT2D eigenvalue weighted by atomic mass is 10.1. The molecule has 1 unspecified atom stereocenters. The van der Waals surface area contributed by atoms with E-state index in [9.17, 15) is 13.6 Å². The first-order valence-electron chi connectivity index (χ1n) is 5.69. The number of carbonyl (C=O) groups excluding carboxylic acids is 1. The highest BCUT2D eigenvalue weighted by atomic mass is 19.1. The molecule has 98 valence electrons. The van der Waals surface area contributed by atoms with E-state index in [1.54, 1.807) is 0 Å². The number of anilines is 1. The highest BCUT2D eigenvalue weighted by Gasteiger charge is 2.32. The van der Waals surface area contributed by atoms with Crippen molar-refractivity contribution in [3.8, 4) is 0 Å². The van der Waals surface area contributed by atoms with Crippen LogP contribution >= 0.6 is 0 Å². The van der Waals surface area contributed by atoms with Gasteiger partial charge in [-0.25, -0.2) is 8.78 Å². The van der Waals surface area contributed by atoms with Crippen LogP contribution in [0.2, 0.25) is 0 Å². The van der Waals surface area contributed by atoms with Crippen LogP contribution in [0.15, 0.2) is 12.1 Å². The number of benzene rings is 1. The van der Waals surface area contributed by atoms with Gasteiger partial charge < -0.3 is 15.7 Å². The molecule has 2 rings (SSSR count). The maximum atomic E-state index is 13.8. The zero-order chi connectivity index (χ0) is 13.3. The molecular formula is C12H14F2N2O2. The van der Waals surface area contributed by atoms with Crippen molar-refractivity contribution in [2.24, 2.45) is 5.73 Å². The monoisotopic (exact) mass is 256 g/mol. The fraction of sp³-hybridized carbons (Fsp3) is 0.417. The molecule has 0 aromatic heterocycles. The first-order chi connectivity index (χ1) is 8.54. The van der Waals surface area contributed by atoms with Gasteiger partial charge in [0.2, 0.25) is 5.91 Å². The van der Waals surface area contributed by atoms with Crippen molar-refractivity contribution in [2.45, 2.75) is 25.5 Å². The Labute approximate surface area is 103 Å². The Bertz CT molecular complexity index is 456. The van der Waals surface area contributed by atoms with Crippen molar-refractivity contribution in [3.63, 3.8) is 0 Å². The van der Waals surface area contributed by atoms with Gasteiger partial charge in [-0.2, -0.15) is 0 Å². The molecule has 1 aromatic rings. The normalized spacial score (nSPS) is 19.3. The summed E-state index contributed by atoms with van der Waals surface area (Å²) in [6.45, 7) is -0.0483. The summed E-state index contributed by atoms with van der Waals surface area (Å²) in [6, 6.07) is 1.46. The number of halogens is 2. The Kier molecular flexibility index (Phi) is 3.47. The van der Waals surface area contributed by atoms with Crippen LogP contribution in [0, 0.1) is 11.6 Å². The number of amides is 1. The molecule has 0 saturated carbocycles. The van der Waals surface area contributed by atoms with Crippen molar-refractivity contribution < 1.29 is 18.7 Å². The average molecular weight is 256 g/mol. The second kappa shape index (κ2) is 4.89. The van der Waals surface area contributed by atoms with Gasteiger partial charge in [0.25, 0.3) is 0 Å². The van der Waals surface area contributed by atoms with Crippen LogP contribution in [0.1, 0.15) is 18.4 Å². The minimum atomic E-state index is -0.785. The van der Waals surface area contributed by atoms with Crippen LogP contribution in [0.25, 0.3) is 0 Å². The molecule has 1 amide bonds. The molecule has 1 atom stereocenters. The predicted octanol–water partition coefficient (Wildman–Crippen LogP) is 0.911. The Morgan fingerprint density at radius 3 is 2.56 bits per heavy atom. The number of nitrogens with zero attached hydrogens (tertiary/aromatic N) is 1. The molecule has 3 N–H and O–H groups in total. The minimum absolute atomic E-state index is 0.156. The third-order valence-corrected chi connectivity index (χ3v) is 3.13. The standard InChI is InChI=1S/C12H14F2N2O2/c13-8-4-7(6-17)5-9(14)11(8)16-3-1-2-10(16)12(15)18/h4-5,10,17H,1-3,6H2,(H2,15,18). The van der Waals surface area contributed by atoms with Crippen LogP contribution in [0.4, 0.5) is 14.5 Å². The van der Waals surface area contributed by atoms with Crippen molar-refractivity contribution in [3.05, 3.63) is 29.3 Å². The van der Waals surface area contributed by atoms with Crippen molar-refractivity contribution >= 4 is 11.6 Å². The van der Waals surface area contributed by atoms with E-state index in [1.165, 1.54) is 4.90 Å². The van der Waals surface area contributed by atoms with E-state index >= 15 is 0 Å². The number of primary amides is 1. The first kappa shape index (κ1) is 12.8. The molecule has 0 aliphatic carbocycles. The molecule has 1 aliphatic heterocycles. The number of carbonyl (C=O) groups is 1. The SMILES string of the molecule is NC(=O)C1CCCN1c1c(F)cc(CO)cc1F. The third-order valence-electron chi connectivity index (χ3n) is 3.13. The van der Waals surface area contributed by atoms with E-state index < -0.39 is 30.2 Å². The minimum Gasteiger partial charge on any atom is -0.392 e. The fourth-order valence-corrected chi connectivity index (χ4v) is 2.31. The van der Waals surface area contributed by atoms with Crippen molar-refractivity contribution in [1.29, 1.82) is 0 Å². The van der Waals surface area contributed by atoms with E-state index in [4.69, 9.17) is 10.8 Å². The number of aliphatic hydroxyl groups excluding tert-OH is 1. The van der Waals surface area contributed by atoms with Crippen LogP contribution in [-0.2, 0) is 11.4 Å². The molecule has 0 radical (unpaired) electrons. The quantitative estimate of drug-likeness (QED) is 0.844. The van der Waals surface area contributed by atoms with E-state index in [0.717, 1.165) is 12.1 Å². The maximum absolute atomic E-state index is 13.8. The molecule has 6 heteroatoms. The Balaban J connectivity index is 2.41. The van der Waals surface area contributed by atoms with Crippen LogP contribution in [0.3, 0.4) is 0 Å². The largest absolute Gasteiger partial charge is 0.392 e. The summed E-state index contributed by atoms with van der Waals surface area (Å²) in [5, 5.41) is 8.86. The number of hydrogen-bond acceptors (Lipinski definition) is 3. The smallest absolute Gasteiger partial charge is 0.240 e. The van der Waals surface area contributed by atoms with Gasteiger partial charge in [-0.15, -0.1) is 0 Å². The molecule has 1 fully saturated rings. The molecule has 1 saturated heterocycles. The number of hydrogen-bond donors (Lipinski definition) is 2. The van der Waals surface area contributed by atoms with E-state index in [0.29, 0.717) is 19.4 Å². The van der Waals surface area contributed by atoms with Gasteiger partial charge in [-0.1, -0.05) is 0 Å². The highest BCUT2D eigenvalue weighted by molar-refractivity contribution is 5.84. The van der Waals surface area contributed by atoms with Crippen molar-refractivity contribution in [2.75, 3.05) is 11.4 Å². The van der Waals surface area contributed by atoms with Crippen LogP contribution in [-0.4, -0.2) is 23.6 Å². The van der Waals surface area contributed by atoms with Gasteiger partial charge in [-0.05, 0) is 30.5 Å². The van der Waals surface area contributed by atoms with Gasteiger partial charge >= 0.3 is 0 Å². The summed E-state index contributed by atoms with van der Waals surface area (Å²) in [5.74, 6) is -2.16. The van der Waals surface area contributed by atoms with E-state index in [1.807, 2.05) is 0 Å². The summed E-state index contributed by atoms with van der Waals surface area (Å²) in [6.07, 6.45) is 1.16. The lowest BCUT2D eigenvalue weighted by Gasteiger charge is -2.25. The third kappa shape index (κ3) is 2.15. The molecule has 4 nitrogen and oxygen atoms in total. The number of aliphatic hydroxyl groups is 1. The number of rotatable bonds is 3. The fourth-order valence-electron chi connectivity index (χ4n) is 2.31. The van der Waals surface area contributed by atoms with E-state index in [2.05, 4.69) is 0 Å². The first-order valence-corrected chi connectivity index (χ1v) is 5.69. The average Bonchev–Trinajstić information content (AvgIpc) is 2.77. The van der Waals surface area contributed by atoms with Gasteiger partial charge in [0.1, 0.15) is 23.4 Å². The zero-order valence-electron chi connectivity index (χ0n) is 9.70. The Morgan fingerprint density at radius 1 is 1.44 bits per heavy atom. The van der Waals surface area contributed by atoms with Gasteiger partial charge in [0.15, 0.2) is 0 Å². The summed E-state index contributed by atoms with van der Waals surface area (Å²) >= 11 is 0. The van der Waals surface area contributed by atoms with Gasteiger partial charge in [-0.3, -0.25) is 4.79 Å². The molecule has 1 heterocycles. The molecule has 0 bridgehead atoms. The second-order valence-corrected chi connectivity index (χ2v) is 4.32. The van der Waals surface area contributed by atoms with Crippen LogP contribution < -0.4 is 10.6 Å². The molecule has 1 aliphatic rings. The topological polar surface area (TPSA) is 66.6 Å². The molecule has 0 spiro atoms. The number of nitrogens with two attached hydrogens (primary N) is 1. The zero-order valence-corrected chi connectivity index (χ0v) is 9.70. The Morgan fingerprint density at radius 2 is 2.06 bits per heavy atom. The Hall–Kier alpha value is -1.69. The molecule has 1 aromatic carbocycles. The second-order valence-electron chi connectivity index (χ2n) is 4.32. The molecular weight excluding hydrogens is 242 g/mol. The maximum Gasteiger partial charge on any atom is 0.240 e. The van der Waals surface area contributed by atoms with E-state index in [-0.39, 0.29) is 11.3 Å². The summed E-state index contributed by atoms with van der Waals surface area (Å²) < 4.78 is 27.7. The van der Waals surface area contributed by atoms with Crippen molar-refractivity contribution in [1.82, 2.24) is 0 Å². The summed E-state index contributed by atoms with van der Waals surface area (Å²) in [5.41, 5.74) is 5.13. The molecule has 18 heavy (non-hydrogen) atoms. The highest BCUT2D eigenvalue weighted by Crippen LogP contribution is 2.31. The van der Waals surface area contributed by atoms with Crippen LogP contribution in [0.5, 0.6) is 0 Å².